The van der Waals surface area contributed by atoms with E-state index in [9.17, 15) is 19.1 Å². The van der Waals surface area contributed by atoms with Gasteiger partial charge in [0.1, 0.15) is 5.82 Å². The van der Waals surface area contributed by atoms with Crippen LogP contribution in [0.5, 0.6) is 0 Å². The number of hydrogen-bond acceptors (Lipinski definition) is 4. The van der Waals surface area contributed by atoms with Crippen LogP contribution in [-0.2, 0) is 24.2 Å². The number of carbonyl (C=O) groups excluding carboxylic acids is 1. The van der Waals surface area contributed by atoms with Gasteiger partial charge < -0.3 is 9.84 Å². The lowest BCUT2D eigenvalue weighted by atomic mass is 9.88. The highest BCUT2D eigenvalue weighted by atomic mass is 19.1. The number of nitrogens with zero attached hydrogens (tertiary/aromatic N) is 2. The molecule has 190 valence electrons. The van der Waals surface area contributed by atoms with Crippen LogP contribution in [-0.4, -0.2) is 32.6 Å². The highest BCUT2D eigenvalue weighted by molar-refractivity contribution is 6.11. The van der Waals surface area contributed by atoms with Crippen molar-refractivity contribution in [1.82, 2.24) is 9.55 Å². The fourth-order valence-corrected chi connectivity index (χ4v) is 5.46. The maximum Gasteiger partial charge on any atom is 0.338 e. The Labute approximate surface area is 218 Å². The Balaban J connectivity index is 1.21. The van der Waals surface area contributed by atoms with E-state index in [1.165, 1.54) is 16.7 Å². The predicted molar refractivity (Wildman–Crippen MR) is 142 cm³/mol. The number of aromatic nitrogens is 2. The fraction of sp³-hybridized carbons (Fsp3) is 0.194. The molecule has 2 aromatic heterocycles. The van der Waals surface area contributed by atoms with Gasteiger partial charge in [0.05, 0.1) is 29.3 Å². The summed E-state index contributed by atoms with van der Waals surface area (Å²) in [6.07, 6.45) is 4.28. The molecular formula is C31H25FN2O4. The van der Waals surface area contributed by atoms with E-state index >= 15 is 0 Å². The molecule has 0 fully saturated rings. The van der Waals surface area contributed by atoms with Gasteiger partial charge in [0.25, 0.3) is 5.91 Å². The number of halogens is 1. The third-order valence-corrected chi connectivity index (χ3v) is 7.35. The van der Waals surface area contributed by atoms with E-state index in [1.54, 1.807) is 13.0 Å². The van der Waals surface area contributed by atoms with Crippen molar-refractivity contribution in [3.63, 3.8) is 0 Å². The smallest absolute Gasteiger partial charge is 0.338 e. The van der Waals surface area contributed by atoms with Gasteiger partial charge in [0.2, 0.25) is 0 Å². The molecule has 1 aliphatic carbocycles. The summed E-state index contributed by atoms with van der Waals surface area (Å²) >= 11 is 0. The summed E-state index contributed by atoms with van der Waals surface area (Å²) < 4.78 is 21.5. The van der Waals surface area contributed by atoms with Crippen LogP contribution in [0.15, 0.2) is 72.9 Å². The summed E-state index contributed by atoms with van der Waals surface area (Å²) in [5, 5.41) is 11.0. The Morgan fingerprint density at radius 3 is 2.76 bits per heavy atom. The van der Waals surface area contributed by atoms with Gasteiger partial charge in [0.15, 0.2) is 0 Å². The second kappa shape index (κ2) is 9.50. The number of rotatable bonds is 5. The number of aromatic carboxylic acids is 1. The van der Waals surface area contributed by atoms with Gasteiger partial charge in [-0.15, -0.1) is 0 Å². The van der Waals surface area contributed by atoms with Crippen LogP contribution in [0.3, 0.4) is 0 Å². The number of pyridine rings is 1. The van der Waals surface area contributed by atoms with Crippen molar-refractivity contribution in [3.05, 3.63) is 112 Å². The molecule has 5 aromatic rings. The lowest BCUT2D eigenvalue weighted by molar-refractivity contribution is 0.0318. The molecule has 0 spiro atoms. The van der Waals surface area contributed by atoms with Crippen LogP contribution in [0.4, 0.5) is 4.39 Å². The Bertz CT molecular complexity index is 1740. The molecule has 2 heterocycles. The largest absolute Gasteiger partial charge is 0.478 e. The van der Waals surface area contributed by atoms with Crippen LogP contribution < -0.4 is 0 Å². The summed E-state index contributed by atoms with van der Waals surface area (Å²) in [5.41, 5.74) is 5.27. The fourth-order valence-electron chi connectivity index (χ4n) is 5.46. The number of ether oxygens (including phenoxy) is 1. The number of carbonyl (C=O) groups is 2. The monoisotopic (exact) mass is 508 g/mol. The zero-order valence-corrected chi connectivity index (χ0v) is 20.8. The number of carboxylic acids is 1. The van der Waals surface area contributed by atoms with Gasteiger partial charge in [-0.1, -0.05) is 24.3 Å². The molecule has 0 radical (unpaired) electrons. The third-order valence-electron chi connectivity index (χ3n) is 7.35. The zero-order chi connectivity index (χ0) is 26.4. The minimum absolute atomic E-state index is 0.0626. The number of carboxylic acid groups (broad SMARTS) is 1. The number of aryl methyl sites for hydroxylation is 1. The lowest BCUT2D eigenvalue weighted by Gasteiger charge is -2.25. The third kappa shape index (κ3) is 4.25. The molecule has 0 saturated heterocycles. The van der Waals surface area contributed by atoms with Crippen LogP contribution in [0, 0.1) is 12.7 Å². The minimum Gasteiger partial charge on any atom is -0.478 e. The first-order chi connectivity index (χ1) is 18.4. The quantitative estimate of drug-likeness (QED) is 0.310. The van der Waals surface area contributed by atoms with Gasteiger partial charge in [-0.25, -0.2) is 9.18 Å². The molecule has 1 aliphatic rings. The Hall–Kier alpha value is -4.36. The van der Waals surface area contributed by atoms with Gasteiger partial charge >= 0.3 is 5.97 Å². The molecule has 6 nitrogen and oxygen atoms in total. The summed E-state index contributed by atoms with van der Waals surface area (Å²) in [5.74, 6) is -2.08. The van der Waals surface area contributed by atoms with E-state index in [1.807, 2.05) is 42.6 Å². The SMILES string of the molecule is Cc1c(C(=O)O)c2cc(F)ccc2n1C(=O)c1ccc2c(c1)CCC(OCc1cnc3ccccc3c1)C2. The first kappa shape index (κ1) is 24.0. The maximum atomic E-state index is 13.9. The molecule has 0 aliphatic heterocycles. The Kier molecular flexibility index (Phi) is 6.00. The number of hydrogen-bond donors (Lipinski definition) is 1. The van der Waals surface area contributed by atoms with Crippen molar-refractivity contribution in [1.29, 1.82) is 0 Å². The Morgan fingerprint density at radius 2 is 1.92 bits per heavy atom. The topological polar surface area (TPSA) is 81.4 Å². The van der Waals surface area contributed by atoms with Gasteiger partial charge in [-0.05, 0) is 85.3 Å². The molecule has 38 heavy (non-hydrogen) atoms. The number of para-hydroxylation sites is 1. The summed E-state index contributed by atoms with van der Waals surface area (Å²) in [4.78, 5) is 29.9. The number of fused-ring (bicyclic) bond motifs is 3. The summed E-state index contributed by atoms with van der Waals surface area (Å²) in [7, 11) is 0. The molecule has 1 unspecified atom stereocenters. The van der Waals surface area contributed by atoms with Gasteiger partial charge in [-0.3, -0.25) is 14.3 Å². The molecule has 1 atom stereocenters. The van der Waals surface area contributed by atoms with Gasteiger partial charge in [0, 0.05) is 28.2 Å². The molecule has 0 bridgehead atoms. The molecule has 0 amide bonds. The van der Waals surface area contributed by atoms with Crippen LogP contribution in [0.1, 0.15) is 49.5 Å². The van der Waals surface area contributed by atoms with Crippen molar-refractivity contribution >= 4 is 33.7 Å². The first-order valence-electron chi connectivity index (χ1n) is 12.5. The average Bonchev–Trinajstić information content (AvgIpc) is 3.21. The molecule has 7 heteroatoms. The van der Waals surface area contributed by atoms with Crippen molar-refractivity contribution in [2.24, 2.45) is 0 Å². The van der Waals surface area contributed by atoms with Crippen LogP contribution in [0.2, 0.25) is 0 Å². The molecular weight excluding hydrogens is 483 g/mol. The van der Waals surface area contributed by atoms with E-state index in [2.05, 4.69) is 11.1 Å². The average molecular weight is 509 g/mol. The molecule has 3 aromatic carbocycles. The zero-order valence-electron chi connectivity index (χ0n) is 20.8. The maximum absolute atomic E-state index is 13.9. The summed E-state index contributed by atoms with van der Waals surface area (Å²) in [6.45, 7) is 2.06. The lowest BCUT2D eigenvalue weighted by Crippen LogP contribution is -2.23. The van der Waals surface area contributed by atoms with Gasteiger partial charge in [-0.2, -0.15) is 0 Å². The normalized spacial score (nSPS) is 15.1. The van der Waals surface area contributed by atoms with Crippen LogP contribution >= 0.6 is 0 Å². The second-order valence-corrected chi connectivity index (χ2v) is 9.76. The second-order valence-electron chi connectivity index (χ2n) is 9.76. The van der Waals surface area contributed by atoms with Crippen molar-refractivity contribution in [2.45, 2.75) is 38.9 Å². The molecule has 1 N–H and O–H groups in total. The number of benzene rings is 3. The van der Waals surface area contributed by atoms with E-state index in [0.717, 1.165) is 52.9 Å². The standard InChI is InChI=1S/C31H25FN2O4/c1-18-29(31(36)37)26-15-24(32)9-11-28(26)34(18)30(35)23-7-6-21-14-25(10-8-20(21)13-23)38-17-19-12-22-4-2-3-5-27(22)33-16-19/h2-7,9,11-13,15-16,25H,8,10,14,17H2,1H3,(H,36,37). The van der Waals surface area contributed by atoms with Crippen LogP contribution in [0.25, 0.3) is 21.8 Å². The van der Waals surface area contributed by atoms with E-state index in [-0.39, 0.29) is 28.7 Å². The van der Waals surface area contributed by atoms with Crippen molar-refractivity contribution < 1.29 is 23.8 Å². The Morgan fingerprint density at radius 1 is 1.08 bits per heavy atom. The van der Waals surface area contributed by atoms with E-state index in [4.69, 9.17) is 4.74 Å². The highest BCUT2D eigenvalue weighted by Gasteiger charge is 2.26. The highest BCUT2D eigenvalue weighted by Crippen LogP contribution is 2.30. The molecule has 6 rings (SSSR count). The molecule has 0 saturated carbocycles. The van der Waals surface area contributed by atoms with E-state index in [0.29, 0.717) is 17.7 Å². The predicted octanol–water partition coefficient (Wildman–Crippen LogP) is 6.10. The summed E-state index contributed by atoms with van der Waals surface area (Å²) in [6, 6.07) is 19.6. The van der Waals surface area contributed by atoms with Crippen molar-refractivity contribution in [3.8, 4) is 0 Å². The first-order valence-corrected chi connectivity index (χ1v) is 12.5. The van der Waals surface area contributed by atoms with E-state index < -0.39 is 11.8 Å². The van der Waals surface area contributed by atoms with Crippen molar-refractivity contribution in [2.75, 3.05) is 0 Å². The minimum atomic E-state index is -1.19.